The van der Waals surface area contributed by atoms with Crippen LogP contribution in [0.4, 0.5) is 4.79 Å². The van der Waals surface area contributed by atoms with E-state index in [-0.39, 0.29) is 19.2 Å². The lowest BCUT2D eigenvalue weighted by atomic mass is 10.2. The fourth-order valence-electron chi connectivity index (χ4n) is 2.03. The quantitative estimate of drug-likeness (QED) is 0.847. The second kappa shape index (κ2) is 6.33. The number of carbonyl (C=O) groups excluding carboxylic acids is 1. The summed E-state index contributed by atoms with van der Waals surface area (Å²) in [5, 5.41) is 11.9. The second-order valence-corrected chi connectivity index (χ2v) is 4.55. The van der Waals surface area contributed by atoms with Gasteiger partial charge in [0.15, 0.2) is 6.04 Å². The fourth-order valence-corrected chi connectivity index (χ4v) is 2.03. The van der Waals surface area contributed by atoms with Crippen molar-refractivity contribution in [1.29, 1.82) is 0 Å². The Balaban J connectivity index is 2.01. The summed E-state index contributed by atoms with van der Waals surface area (Å²) in [5.74, 6) is -1.06. The molecule has 0 saturated carbocycles. The van der Waals surface area contributed by atoms with Crippen LogP contribution in [0.15, 0.2) is 24.4 Å². The highest BCUT2D eigenvalue weighted by Crippen LogP contribution is 2.12. The summed E-state index contributed by atoms with van der Waals surface area (Å²) in [7, 11) is 0. The predicted octanol–water partition coefficient (Wildman–Crippen LogP) is 0.638. The molecule has 0 aliphatic carbocycles. The fraction of sp³-hybridized carbons (Fsp3) is 0.462. The van der Waals surface area contributed by atoms with Crippen molar-refractivity contribution in [3.05, 3.63) is 30.1 Å². The standard InChI is InChI=1S/C13H17N3O4/c1-9(10-4-2-3-5-14-10)15-13(19)16-6-7-20-8-11(16)12(17)18/h2-5,9,11H,6-8H2,1H3,(H,15,19)(H,17,18). The molecule has 1 aliphatic rings. The summed E-state index contributed by atoms with van der Waals surface area (Å²) in [4.78, 5) is 28.7. The topological polar surface area (TPSA) is 91.8 Å². The molecule has 2 rings (SSSR count). The van der Waals surface area contributed by atoms with E-state index in [0.29, 0.717) is 6.61 Å². The monoisotopic (exact) mass is 279 g/mol. The van der Waals surface area contributed by atoms with E-state index in [2.05, 4.69) is 10.3 Å². The lowest BCUT2D eigenvalue weighted by Crippen LogP contribution is -2.55. The van der Waals surface area contributed by atoms with Crippen LogP contribution in [0.25, 0.3) is 0 Å². The molecule has 20 heavy (non-hydrogen) atoms. The molecule has 1 saturated heterocycles. The normalized spacial score (nSPS) is 20.2. The van der Waals surface area contributed by atoms with Crippen molar-refractivity contribution in [3.63, 3.8) is 0 Å². The average Bonchev–Trinajstić information content (AvgIpc) is 2.48. The highest BCUT2D eigenvalue weighted by Gasteiger charge is 2.33. The number of hydrogen-bond acceptors (Lipinski definition) is 4. The van der Waals surface area contributed by atoms with Gasteiger partial charge in [0.05, 0.1) is 24.9 Å². The number of nitrogens with zero attached hydrogens (tertiary/aromatic N) is 2. The molecule has 7 heteroatoms. The Hall–Kier alpha value is -2.15. The summed E-state index contributed by atoms with van der Waals surface area (Å²) in [5.41, 5.74) is 0.723. The van der Waals surface area contributed by atoms with E-state index in [1.54, 1.807) is 25.3 Å². The first-order valence-corrected chi connectivity index (χ1v) is 6.38. The van der Waals surface area contributed by atoms with Crippen LogP contribution in [0, 0.1) is 0 Å². The number of carboxylic acids is 1. The van der Waals surface area contributed by atoms with Crippen LogP contribution >= 0.6 is 0 Å². The van der Waals surface area contributed by atoms with Crippen molar-refractivity contribution in [3.8, 4) is 0 Å². The summed E-state index contributed by atoms with van der Waals surface area (Å²) in [6.07, 6.45) is 1.65. The minimum atomic E-state index is -1.06. The summed E-state index contributed by atoms with van der Waals surface area (Å²) < 4.78 is 5.10. The molecule has 2 atom stereocenters. The zero-order chi connectivity index (χ0) is 14.5. The molecule has 1 aliphatic heterocycles. The van der Waals surface area contributed by atoms with Crippen molar-refractivity contribution < 1.29 is 19.4 Å². The number of nitrogens with one attached hydrogen (secondary N) is 1. The molecule has 1 aromatic rings. The summed E-state index contributed by atoms with van der Waals surface area (Å²) >= 11 is 0. The first-order valence-electron chi connectivity index (χ1n) is 6.38. The van der Waals surface area contributed by atoms with E-state index in [1.807, 2.05) is 6.07 Å². The molecule has 1 fully saturated rings. The Kier molecular flexibility index (Phi) is 4.52. The molecular weight excluding hydrogens is 262 g/mol. The van der Waals surface area contributed by atoms with Gasteiger partial charge in [-0.05, 0) is 19.1 Å². The molecule has 0 spiro atoms. The van der Waals surface area contributed by atoms with Crippen molar-refractivity contribution in [2.75, 3.05) is 19.8 Å². The number of ether oxygens (including phenoxy) is 1. The highest BCUT2D eigenvalue weighted by molar-refractivity contribution is 5.83. The van der Waals surface area contributed by atoms with Crippen LogP contribution in [0.5, 0.6) is 0 Å². The average molecular weight is 279 g/mol. The number of hydrogen-bond donors (Lipinski definition) is 2. The van der Waals surface area contributed by atoms with Crippen molar-refractivity contribution in [2.24, 2.45) is 0 Å². The van der Waals surface area contributed by atoms with Crippen molar-refractivity contribution >= 4 is 12.0 Å². The predicted molar refractivity (Wildman–Crippen MR) is 70.1 cm³/mol. The number of carbonyl (C=O) groups is 2. The number of aromatic nitrogens is 1. The van der Waals surface area contributed by atoms with Crippen LogP contribution < -0.4 is 5.32 Å². The van der Waals surface area contributed by atoms with Gasteiger partial charge in [-0.3, -0.25) is 4.98 Å². The molecule has 2 unspecified atom stereocenters. The maximum Gasteiger partial charge on any atom is 0.328 e. The molecule has 2 N–H and O–H groups in total. The molecule has 108 valence electrons. The maximum atomic E-state index is 12.2. The number of morpholine rings is 1. The number of rotatable bonds is 3. The Bertz CT molecular complexity index is 480. The zero-order valence-electron chi connectivity index (χ0n) is 11.2. The molecule has 0 aromatic carbocycles. The molecule has 2 heterocycles. The molecule has 2 amide bonds. The van der Waals surface area contributed by atoms with Gasteiger partial charge in [0.25, 0.3) is 0 Å². The van der Waals surface area contributed by atoms with E-state index in [9.17, 15) is 9.59 Å². The third kappa shape index (κ3) is 3.24. The largest absolute Gasteiger partial charge is 0.480 e. The van der Waals surface area contributed by atoms with Gasteiger partial charge in [0.2, 0.25) is 0 Å². The molecule has 7 nitrogen and oxygen atoms in total. The van der Waals surface area contributed by atoms with Gasteiger partial charge >= 0.3 is 12.0 Å². The molecule has 0 bridgehead atoms. The minimum absolute atomic E-state index is 0.0146. The van der Waals surface area contributed by atoms with E-state index in [1.165, 1.54) is 4.90 Å². The van der Waals surface area contributed by atoms with E-state index in [0.717, 1.165) is 5.69 Å². The van der Waals surface area contributed by atoms with Gasteiger partial charge in [0, 0.05) is 12.7 Å². The van der Waals surface area contributed by atoms with Crippen LogP contribution in [0.2, 0.25) is 0 Å². The lowest BCUT2D eigenvalue weighted by Gasteiger charge is -2.33. The number of carboxylic acid groups (broad SMARTS) is 1. The minimum Gasteiger partial charge on any atom is -0.480 e. The van der Waals surface area contributed by atoms with Gasteiger partial charge in [-0.25, -0.2) is 9.59 Å². The van der Waals surface area contributed by atoms with Gasteiger partial charge < -0.3 is 20.1 Å². The van der Waals surface area contributed by atoms with Crippen molar-refractivity contribution in [1.82, 2.24) is 15.2 Å². The molecule has 0 radical (unpaired) electrons. The summed E-state index contributed by atoms with van der Waals surface area (Å²) in [6.45, 7) is 2.42. The van der Waals surface area contributed by atoms with E-state index in [4.69, 9.17) is 9.84 Å². The highest BCUT2D eigenvalue weighted by atomic mass is 16.5. The number of pyridine rings is 1. The van der Waals surface area contributed by atoms with Crippen LogP contribution in [0.3, 0.4) is 0 Å². The van der Waals surface area contributed by atoms with Crippen molar-refractivity contribution in [2.45, 2.75) is 19.0 Å². The van der Waals surface area contributed by atoms with E-state index < -0.39 is 18.0 Å². The third-order valence-electron chi connectivity index (χ3n) is 3.15. The van der Waals surface area contributed by atoms with E-state index >= 15 is 0 Å². The van der Waals surface area contributed by atoms with Crippen LogP contribution in [-0.2, 0) is 9.53 Å². The van der Waals surface area contributed by atoms with Crippen LogP contribution in [-0.4, -0.2) is 52.8 Å². The van der Waals surface area contributed by atoms with Gasteiger partial charge in [-0.2, -0.15) is 0 Å². The Labute approximate surface area is 116 Å². The third-order valence-corrected chi connectivity index (χ3v) is 3.15. The first kappa shape index (κ1) is 14.3. The van der Waals surface area contributed by atoms with Gasteiger partial charge in [-0.15, -0.1) is 0 Å². The zero-order valence-corrected chi connectivity index (χ0v) is 11.2. The molecule has 1 aromatic heterocycles. The smallest absolute Gasteiger partial charge is 0.328 e. The number of aliphatic carboxylic acids is 1. The SMILES string of the molecule is CC(NC(=O)N1CCOCC1C(=O)O)c1ccccn1. The second-order valence-electron chi connectivity index (χ2n) is 4.55. The molecular formula is C13H17N3O4. The Morgan fingerprint density at radius 1 is 1.55 bits per heavy atom. The maximum absolute atomic E-state index is 12.2. The number of urea groups is 1. The summed E-state index contributed by atoms with van der Waals surface area (Å²) in [6, 6.07) is 3.78. The van der Waals surface area contributed by atoms with Crippen LogP contribution in [0.1, 0.15) is 18.7 Å². The first-order chi connectivity index (χ1) is 9.59. The number of amides is 2. The van der Waals surface area contributed by atoms with Gasteiger partial charge in [0.1, 0.15) is 0 Å². The Morgan fingerprint density at radius 3 is 3.00 bits per heavy atom. The Morgan fingerprint density at radius 2 is 2.35 bits per heavy atom. The van der Waals surface area contributed by atoms with Gasteiger partial charge in [-0.1, -0.05) is 6.07 Å². The lowest BCUT2D eigenvalue weighted by molar-refractivity contribution is -0.147.